The Hall–Kier alpha value is 1.05. The van der Waals surface area contributed by atoms with Crippen LogP contribution in [0.2, 0.25) is 26.2 Å². The van der Waals surface area contributed by atoms with Gasteiger partial charge in [0.25, 0.3) is 0 Å². The lowest BCUT2D eigenvalue weighted by Crippen LogP contribution is -2.28. The van der Waals surface area contributed by atoms with Crippen molar-refractivity contribution >= 4 is 39.2 Å². The van der Waals surface area contributed by atoms with Gasteiger partial charge in [0.15, 0.2) is 0 Å². The van der Waals surface area contributed by atoms with E-state index in [1.165, 1.54) is 37.2 Å². The molecule has 0 fully saturated rings. The molecule has 0 aliphatic rings. The molecular weight excluding hydrogens is 369 g/mol. The zero-order valence-electron chi connectivity index (χ0n) is 17.0. The zero-order valence-corrected chi connectivity index (χ0v) is 21.0. The Morgan fingerprint density at radius 3 is 1.38 bits per heavy atom. The molecule has 0 bridgehead atoms. The van der Waals surface area contributed by atoms with Crippen LogP contribution in [-0.4, -0.2) is 53.8 Å². The molecule has 24 heavy (non-hydrogen) atoms. The van der Waals surface area contributed by atoms with E-state index in [4.69, 9.17) is 9.47 Å². The average Bonchev–Trinajstić information content (AvgIpc) is 2.54. The number of hydrogen-bond donors (Lipinski definition) is 0. The lowest BCUT2D eigenvalue weighted by atomic mass is 10.3. The van der Waals surface area contributed by atoms with Gasteiger partial charge in [-0.3, -0.25) is 0 Å². The van der Waals surface area contributed by atoms with Crippen LogP contribution >= 0.6 is 21.6 Å². The summed E-state index contributed by atoms with van der Waals surface area (Å²) >= 11 is 0. The predicted octanol–water partition coefficient (Wildman–Crippen LogP) is 5.57. The molecular formula is C18H42O2S2Si2. The molecule has 146 valence electrons. The Bertz CT molecular complexity index is 243. The van der Waals surface area contributed by atoms with Crippen molar-refractivity contribution < 1.29 is 9.47 Å². The fourth-order valence-electron chi connectivity index (χ4n) is 2.56. The molecule has 0 saturated heterocycles. The Kier molecular flexibility index (Phi) is 18.2. The molecule has 2 unspecified atom stereocenters. The van der Waals surface area contributed by atoms with Crippen molar-refractivity contribution in [3.8, 4) is 0 Å². The summed E-state index contributed by atoms with van der Waals surface area (Å²) in [6.07, 6.45) is 7.43. The third-order valence-electron chi connectivity index (χ3n) is 4.08. The zero-order chi connectivity index (χ0) is 18.2. The van der Waals surface area contributed by atoms with Gasteiger partial charge in [-0.05, 0) is 38.5 Å². The molecule has 2 atom stereocenters. The van der Waals surface area contributed by atoms with Gasteiger partial charge in [-0.25, -0.2) is 0 Å². The molecule has 0 aliphatic carbocycles. The predicted molar refractivity (Wildman–Crippen MR) is 121 cm³/mol. The highest BCUT2D eigenvalue weighted by Gasteiger charge is 2.15. The first-order valence-electron chi connectivity index (χ1n) is 10.00. The lowest BCUT2D eigenvalue weighted by molar-refractivity contribution is 0.0969. The maximum Gasteiger partial charge on any atom is 0.0656 e. The number of ether oxygens (including phenoxy) is 2. The molecule has 0 aromatic heterocycles. The van der Waals surface area contributed by atoms with Gasteiger partial charge in [-0.15, -0.1) is 0 Å². The first-order chi connectivity index (χ1) is 11.5. The van der Waals surface area contributed by atoms with Gasteiger partial charge in [-0.2, -0.15) is 0 Å². The van der Waals surface area contributed by atoms with Crippen LogP contribution in [0.1, 0.15) is 52.4 Å². The molecule has 2 nitrogen and oxygen atoms in total. The maximum absolute atomic E-state index is 6.01. The summed E-state index contributed by atoms with van der Waals surface area (Å²) in [5.74, 6) is 2.54. The molecule has 0 saturated carbocycles. The fourth-order valence-corrected chi connectivity index (χ4v) is 7.63. The molecule has 0 aromatic carbocycles. The highest BCUT2D eigenvalue weighted by atomic mass is 33.1. The number of hydrogen-bond acceptors (Lipinski definition) is 4. The molecule has 0 heterocycles. The van der Waals surface area contributed by atoms with Crippen LogP contribution in [0.25, 0.3) is 0 Å². The molecule has 0 rings (SSSR count). The highest BCUT2D eigenvalue weighted by molar-refractivity contribution is 8.76. The van der Waals surface area contributed by atoms with Gasteiger partial charge < -0.3 is 9.47 Å². The van der Waals surface area contributed by atoms with Crippen molar-refractivity contribution in [3.63, 3.8) is 0 Å². The van der Waals surface area contributed by atoms with Crippen LogP contribution in [0.15, 0.2) is 0 Å². The second kappa shape index (κ2) is 17.5. The van der Waals surface area contributed by atoms with Crippen LogP contribution in [-0.2, 0) is 9.47 Å². The third kappa shape index (κ3) is 14.2. The first-order valence-corrected chi connectivity index (χ1v) is 18.4. The topological polar surface area (TPSA) is 18.5 Å². The maximum atomic E-state index is 6.01. The smallest absolute Gasteiger partial charge is 0.0656 e. The van der Waals surface area contributed by atoms with Gasteiger partial charge in [0.2, 0.25) is 0 Å². The molecule has 0 amide bonds. The van der Waals surface area contributed by atoms with Crippen LogP contribution in [0.3, 0.4) is 0 Å². The van der Waals surface area contributed by atoms with Crippen molar-refractivity contribution in [2.45, 2.75) is 90.0 Å². The van der Waals surface area contributed by atoms with E-state index >= 15 is 0 Å². The fraction of sp³-hybridized carbons (Fsp3) is 1.00. The van der Waals surface area contributed by atoms with Gasteiger partial charge in [0, 0.05) is 36.2 Å². The quantitative estimate of drug-likeness (QED) is 0.177. The van der Waals surface area contributed by atoms with Gasteiger partial charge in [0.05, 0.1) is 17.6 Å². The largest absolute Gasteiger partial charge is 0.382 e. The summed E-state index contributed by atoms with van der Waals surface area (Å²) < 4.78 is 12.0. The van der Waals surface area contributed by atoms with Crippen molar-refractivity contribution in [1.82, 2.24) is 0 Å². The van der Waals surface area contributed by atoms with Gasteiger partial charge in [0.1, 0.15) is 0 Å². The molecule has 0 spiro atoms. The lowest BCUT2D eigenvalue weighted by Gasteiger charge is -2.20. The normalized spacial score (nSPS) is 14.5. The van der Waals surface area contributed by atoms with Crippen LogP contribution in [0.5, 0.6) is 0 Å². The minimum absolute atomic E-state index is 0.586. The second-order valence-electron chi connectivity index (χ2n) is 7.23. The standard InChI is InChI=1S/C18H42O2S2Si2/c1-7-13-19-17(23(3)4)11-9-15-21-22-16-10-12-18(24(5)6)20-14-8-2/h17-18,23-24H,7-16H2,1-6H3. The Labute approximate surface area is 163 Å². The molecule has 0 aromatic rings. The molecule has 0 N–H and O–H groups in total. The summed E-state index contributed by atoms with van der Waals surface area (Å²) in [4.78, 5) is 0. The third-order valence-corrected chi connectivity index (χ3v) is 10.7. The van der Waals surface area contributed by atoms with E-state index < -0.39 is 17.6 Å². The van der Waals surface area contributed by atoms with Crippen molar-refractivity contribution in [2.24, 2.45) is 0 Å². The Balaban J connectivity index is 3.61. The van der Waals surface area contributed by atoms with E-state index in [9.17, 15) is 0 Å². The molecule has 6 heteroatoms. The SMILES string of the molecule is CCCOC(CCCSSCCCC(OCCC)[SiH](C)C)[SiH](C)C. The summed E-state index contributed by atoms with van der Waals surface area (Å²) in [6.45, 7) is 15.9. The van der Waals surface area contributed by atoms with E-state index in [2.05, 4.69) is 61.6 Å². The van der Waals surface area contributed by atoms with Crippen molar-refractivity contribution in [1.29, 1.82) is 0 Å². The van der Waals surface area contributed by atoms with E-state index in [1.54, 1.807) is 0 Å². The number of rotatable bonds is 17. The van der Waals surface area contributed by atoms with E-state index in [0.29, 0.717) is 11.5 Å². The van der Waals surface area contributed by atoms with Crippen molar-refractivity contribution in [2.75, 3.05) is 24.7 Å². The summed E-state index contributed by atoms with van der Waals surface area (Å²) in [7, 11) is 2.78. The monoisotopic (exact) mass is 410 g/mol. The summed E-state index contributed by atoms with van der Waals surface area (Å²) in [5, 5.41) is 0. The van der Waals surface area contributed by atoms with Crippen molar-refractivity contribution in [3.05, 3.63) is 0 Å². The first kappa shape index (κ1) is 25.1. The minimum Gasteiger partial charge on any atom is -0.382 e. The molecule has 0 aliphatic heterocycles. The summed E-state index contributed by atoms with van der Waals surface area (Å²) in [5.41, 5.74) is 1.17. The van der Waals surface area contributed by atoms with Gasteiger partial charge >= 0.3 is 0 Å². The average molecular weight is 411 g/mol. The van der Waals surface area contributed by atoms with E-state index in [0.717, 1.165) is 26.1 Å². The minimum atomic E-state index is -0.667. The highest BCUT2D eigenvalue weighted by Crippen LogP contribution is 2.25. The second-order valence-corrected chi connectivity index (χ2v) is 16.4. The Morgan fingerprint density at radius 1 is 0.708 bits per heavy atom. The summed E-state index contributed by atoms with van der Waals surface area (Å²) in [6, 6.07) is 0. The van der Waals surface area contributed by atoms with E-state index in [1.807, 2.05) is 0 Å². The van der Waals surface area contributed by atoms with E-state index in [-0.39, 0.29) is 0 Å². The van der Waals surface area contributed by atoms with Crippen LogP contribution in [0, 0.1) is 0 Å². The van der Waals surface area contributed by atoms with Crippen LogP contribution < -0.4 is 0 Å². The van der Waals surface area contributed by atoms with Gasteiger partial charge in [-0.1, -0.05) is 61.6 Å². The van der Waals surface area contributed by atoms with Crippen LogP contribution in [0.4, 0.5) is 0 Å². The molecule has 0 radical (unpaired) electrons. The Morgan fingerprint density at radius 2 is 1.08 bits per heavy atom.